The molecule has 1 saturated heterocycles. The number of carbonyl (C=O) groups excluding carboxylic acids is 2. The number of carbonyl (C=O) groups is 2. The van der Waals surface area contributed by atoms with E-state index in [0.717, 1.165) is 25.9 Å². The molecule has 0 spiro atoms. The smallest absolute Gasteiger partial charge is 0.329 e. The maximum Gasteiger partial charge on any atom is 0.329 e. The summed E-state index contributed by atoms with van der Waals surface area (Å²) in [6, 6.07) is 8.57. The van der Waals surface area contributed by atoms with Crippen molar-refractivity contribution in [2.45, 2.75) is 25.8 Å². The van der Waals surface area contributed by atoms with Gasteiger partial charge in [0.15, 0.2) is 11.8 Å². The molecule has 0 unspecified atom stereocenters. The molecule has 2 amide bonds. The van der Waals surface area contributed by atoms with E-state index >= 15 is 0 Å². The van der Waals surface area contributed by atoms with Crippen LogP contribution in [0.2, 0.25) is 0 Å². The number of nitriles is 1. The maximum absolute atomic E-state index is 14.4. The maximum atomic E-state index is 14.4. The van der Waals surface area contributed by atoms with Gasteiger partial charge in [-0.25, -0.2) is 4.39 Å². The molecule has 2 aromatic heterocycles. The first-order chi connectivity index (χ1) is 17.9. The third-order valence-corrected chi connectivity index (χ3v) is 5.95. The highest BCUT2D eigenvalue weighted by Gasteiger charge is 2.25. The third kappa shape index (κ3) is 6.71. The molecule has 0 radical (unpaired) electrons. The van der Waals surface area contributed by atoms with Gasteiger partial charge in [0, 0.05) is 32.2 Å². The van der Waals surface area contributed by atoms with Crippen LogP contribution in [0.3, 0.4) is 0 Å². The molecular weight excluding hydrogens is 483 g/mol. The average molecular weight is 511 g/mol. The van der Waals surface area contributed by atoms with Gasteiger partial charge in [-0.15, -0.1) is 0 Å². The summed E-state index contributed by atoms with van der Waals surface area (Å²) in [5.74, 6) is -0.799. The van der Waals surface area contributed by atoms with Crippen molar-refractivity contribution in [1.29, 1.82) is 5.26 Å². The third-order valence-electron chi connectivity index (χ3n) is 5.95. The lowest BCUT2D eigenvalue weighted by Crippen LogP contribution is -2.48. The van der Waals surface area contributed by atoms with Gasteiger partial charge in [0.1, 0.15) is 17.6 Å². The molecule has 1 aliphatic heterocycles. The zero-order chi connectivity index (χ0) is 26.2. The van der Waals surface area contributed by atoms with E-state index in [4.69, 9.17) is 18.9 Å². The lowest BCUT2D eigenvalue weighted by molar-refractivity contribution is -0.132. The van der Waals surface area contributed by atoms with Gasteiger partial charge in [0.2, 0.25) is 11.7 Å². The van der Waals surface area contributed by atoms with Crippen molar-refractivity contribution in [3.05, 3.63) is 54.1 Å². The normalized spacial score (nSPS) is 15.0. The van der Waals surface area contributed by atoms with Crippen LogP contribution < -0.4 is 10.1 Å². The number of hydrogen-bond donors (Lipinski definition) is 1. The first kappa shape index (κ1) is 25.8. The van der Waals surface area contributed by atoms with Gasteiger partial charge >= 0.3 is 5.89 Å². The zero-order valence-electron chi connectivity index (χ0n) is 20.4. The lowest BCUT2D eigenvalue weighted by atomic mass is 10.2. The summed E-state index contributed by atoms with van der Waals surface area (Å²) in [7, 11) is 0. The van der Waals surface area contributed by atoms with Crippen LogP contribution in [-0.4, -0.2) is 77.1 Å². The quantitative estimate of drug-likeness (QED) is 0.430. The van der Waals surface area contributed by atoms with Crippen LogP contribution in [0.4, 0.5) is 4.39 Å². The predicted molar refractivity (Wildman–Crippen MR) is 128 cm³/mol. The van der Waals surface area contributed by atoms with E-state index < -0.39 is 17.8 Å². The minimum Gasteiger partial charge on any atom is -0.493 e. The topological polar surface area (TPSA) is 138 Å². The first-order valence-electron chi connectivity index (χ1n) is 12.0. The highest BCUT2D eigenvalue weighted by molar-refractivity contribution is 5.95. The number of hydrogen-bond acceptors (Lipinski definition) is 9. The second kappa shape index (κ2) is 12.1. The number of nitrogens with zero attached hydrogens (tertiary/aromatic N) is 5. The minimum atomic E-state index is -0.655. The number of ether oxygens (including phenoxy) is 1. The van der Waals surface area contributed by atoms with Gasteiger partial charge in [0.25, 0.3) is 5.91 Å². The number of aromatic nitrogens is 2. The second-order valence-electron chi connectivity index (χ2n) is 8.57. The van der Waals surface area contributed by atoms with Gasteiger partial charge in [-0.2, -0.15) is 10.2 Å². The van der Waals surface area contributed by atoms with Crippen molar-refractivity contribution in [2.24, 2.45) is 0 Å². The van der Waals surface area contributed by atoms with Gasteiger partial charge in [-0.3, -0.25) is 9.59 Å². The summed E-state index contributed by atoms with van der Waals surface area (Å²) in [5, 5.41) is 15.0. The van der Waals surface area contributed by atoms with Crippen LogP contribution in [0, 0.1) is 17.1 Å². The summed E-state index contributed by atoms with van der Waals surface area (Å²) in [6.07, 6.45) is 2.96. The summed E-state index contributed by atoms with van der Waals surface area (Å²) >= 11 is 0. The number of benzene rings is 1. The summed E-state index contributed by atoms with van der Waals surface area (Å²) in [5.41, 5.74) is 0.121. The van der Waals surface area contributed by atoms with Crippen LogP contribution in [0.5, 0.6) is 5.75 Å². The van der Waals surface area contributed by atoms with E-state index in [2.05, 4.69) is 20.4 Å². The van der Waals surface area contributed by atoms with Gasteiger partial charge in [-0.1, -0.05) is 5.16 Å². The van der Waals surface area contributed by atoms with E-state index in [9.17, 15) is 14.0 Å². The Morgan fingerprint density at radius 3 is 2.86 bits per heavy atom. The van der Waals surface area contributed by atoms with E-state index in [1.165, 1.54) is 18.4 Å². The van der Waals surface area contributed by atoms with Crippen LogP contribution in [-0.2, 0) is 4.79 Å². The molecule has 1 N–H and O–H groups in total. The monoisotopic (exact) mass is 510 g/mol. The number of halogens is 1. The molecule has 4 rings (SSSR count). The highest BCUT2D eigenvalue weighted by Crippen LogP contribution is 2.24. The molecule has 194 valence electrons. The van der Waals surface area contributed by atoms with Gasteiger partial charge in [-0.05, 0) is 50.6 Å². The van der Waals surface area contributed by atoms with Crippen molar-refractivity contribution >= 4 is 11.8 Å². The molecular formula is C25H27FN6O5. The molecule has 12 heteroatoms. The molecule has 1 fully saturated rings. The van der Waals surface area contributed by atoms with Crippen LogP contribution >= 0.6 is 0 Å². The number of furan rings is 1. The molecule has 37 heavy (non-hydrogen) atoms. The Kier molecular flexibility index (Phi) is 8.48. The van der Waals surface area contributed by atoms with Crippen molar-refractivity contribution in [3.63, 3.8) is 0 Å². The molecule has 3 heterocycles. The number of rotatable bonds is 9. The Morgan fingerprint density at radius 2 is 2.14 bits per heavy atom. The SMILES string of the molecule is C[C@H](NC(=O)c1ccco1)C(=O)N1CCCN(CCCOc2ccc(-c3noc(C#N)n3)c(F)c2)CC1. The largest absolute Gasteiger partial charge is 0.493 e. The Hall–Kier alpha value is -4.24. The Balaban J connectivity index is 1.18. The van der Waals surface area contributed by atoms with Crippen molar-refractivity contribution in [2.75, 3.05) is 39.3 Å². The fourth-order valence-electron chi connectivity index (χ4n) is 4.05. The number of amides is 2. The molecule has 0 bridgehead atoms. The summed E-state index contributed by atoms with van der Waals surface area (Å²) in [6.45, 7) is 5.58. The van der Waals surface area contributed by atoms with Crippen molar-refractivity contribution in [1.82, 2.24) is 25.3 Å². The van der Waals surface area contributed by atoms with Gasteiger partial charge < -0.3 is 28.8 Å². The minimum absolute atomic E-state index is 0.00332. The molecule has 1 aromatic carbocycles. The average Bonchev–Trinajstić information content (AvgIpc) is 3.55. The predicted octanol–water partition coefficient (Wildman–Crippen LogP) is 2.46. The second-order valence-corrected chi connectivity index (χ2v) is 8.57. The molecule has 0 saturated carbocycles. The van der Waals surface area contributed by atoms with E-state index in [0.29, 0.717) is 32.0 Å². The van der Waals surface area contributed by atoms with E-state index in [1.54, 1.807) is 36.1 Å². The standard InChI is InChI=1S/C25H27FN6O5/c1-17(28-24(33)21-5-2-13-36-21)25(34)32-10-3-8-31(11-12-32)9-4-14-35-18-6-7-19(20(26)15-18)23-29-22(16-27)37-30-23/h2,5-7,13,15,17H,3-4,8-12,14H2,1H3,(H,28,33)/t17-/m0/s1. The van der Waals surface area contributed by atoms with Crippen LogP contribution in [0.1, 0.15) is 36.2 Å². The Morgan fingerprint density at radius 1 is 1.27 bits per heavy atom. The lowest BCUT2D eigenvalue weighted by Gasteiger charge is -2.25. The Bertz CT molecular complexity index is 1250. The van der Waals surface area contributed by atoms with Crippen molar-refractivity contribution < 1.29 is 27.7 Å². The highest BCUT2D eigenvalue weighted by atomic mass is 19.1. The van der Waals surface area contributed by atoms with E-state index in [-0.39, 0.29) is 28.9 Å². The number of nitrogens with one attached hydrogen (secondary N) is 1. The molecule has 1 atom stereocenters. The fraction of sp³-hybridized carbons (Fsp3) is 0.400. The first-order valence-corrected chi connectivity index (χ1v) is 12.0. The van der Waals surface area contributed by atoms with Crippen molar-refractivity contribution in [3.8, 4) is 23.2 Å². The molecule has 11 nitrogen and oxygen atoms in total. The Labute approximate surface area is 212 Å². The van der Waals surface area contributed by atoms with Crippen LogP contribution in [0.15, 0.2) is 45.5 Å². The fourth-order valence-corrected chi connectivity index (χ4v) is 4.05. The van der Waals surface area contributed by atoms with Crippen LogP contribution in [0.25, 0.3) is 11.4 Å². The van der Waals surface area contributed by atoms with E-state index in [1.807, 2.05) is 0 Å². The summed E-state index contributed by atoms with van der Waals surface area (Å²) in [4.78, 5) is 32.8. The molecule has 0 aliphatic carbocycles. The van der Waals surface area contributed by atoms with Gasteiger partial charge in [0.05, 0.1) is 18.4 Å². The molecule has 3 aromatic rings. The summed E-state index contributed by atoms with van der Waals surface area (Å²) < 4.78 is 29.9. The zero-order valence-corrected chi connectivity index (χ0v) is 20.4. The molecule has 1 aliphatic rings.